The van der Waals surface area contributed by atoms with E-state index in [4.69, 9.17) is 4.74 Å². The van der Waals surface area contributed by atoms with Gasteiger partial charge in [0.05, 0.1) is 0 Å². The minimum Gasteiger partial charge on any atom is -0.492 e. The van der Waals surface area contributed by atoms with Crippen molar-refractivity contribution in [3.05, 3.63) is 29.8 Å². The third-order valence-corrected chi connectivity index (χ3v) is 2.60. The molecule has 16 heavy (non-hydrogen) atoms. The predicted molar refractivity (Wildman–Crippen MR) is 70.9 cm³/mol. The summed E-state index contributed by atoms with van der Waals surface area (Å²) in [6, 6.07) is 8.22. The summed E-state index contributed by atoms with van der Waals surface area (Å²) in [4.78, 5) is 2.26. The molecule has 0 bridgehead atoms. The van der Waals surface area contributed by atoms with Gasteiger partial charge in [0.15, 0.2) is 0 Å². The Hall–Kier alpha value is -0.710. The molecule has 0 radical (unpaired) electrons. The molecule has 0 amide bonds. The molecule has 0 aliphatic heterocycles. The van der Waals surface area contributed by atoms with Crippen molar-refractivity contribution in [3.63, 3.8) is 0 Å². The van der Waals surface area contributed by atoms with Gasteiger partial charge < -0.3 is 9.64 Å². The molecule has 0 atom stereocenters. The van der Waals surface area contributed by atoms with Gasteiger partial charge in [0, 0.05) is 13.1 Å². The van der Waals surface area contributed by atoms with Crippen LogP contribution in [-0.2, 0) is 6.54 Å². The third-order valence-electron chi connectivity index (χ3n) is 2.37. The Labute approximate surface area is 103 Å². The summed E-state index contributed by atoms with van der Waals surface area (Å²) in [5, 5.41) is 0. The quantitative estimate of drug-likeness (QED) is 0.563. The van der Waals surface area contributed by atoms with Gasteiger partial charge in [-0.15, -0.1) is 0 Å². The van der Waals surface area contributed by atoms with E-state index in [0.717, 1.165) is 25.4 Å². The lowest BCUT2D eigenvalue weighted by Crippen LogP contribution is -2.16. The molecular formula is C12H20N2OS. The van der Waals surface area contributed by atoms with E-state index in [1.165, 1.54) is 5.56 Å². The topological polar surface area (TPSA) is 24.5 Å². The summed E-state index contributed by atoms with van der Waals surface area (Å²) in [5.74, 6) is 0.922. The highest BCUT2D eigenvalue weighted by Gasteiger charge is 1.99. The van der Waals surface area contributed by atoms with Crippen LogP contribution in [0.2, 0.25) is 0 Å². The highest BCUT2D eigenvalue weighted by Crippen LogP contribution is 2.14. The summed E-state index contributed by atoms with van der Waals surface area (Å²) in [6.07, 6.45) is 0. The van der Waals surface area contributed by atoms with Crippen molar-refractivity contribution >= 4 is 12.8 Å². The van der Waals surface area contributed by atoms with Gasteiger partial charge in [0.1, 0.15) is 12.4 Å². The van der Waals surface area contributed by atoms with Gasteiger partial charge in [0.2, 0.25) is 0 Å². The standard InChI is InChI=1S/C12H20N2OS/c1-3-14(2)10-11-5-4-6-12(9-11)15-8-7-13-16/h4-6,9,13,16H,3,7-8,10H2,1-2H3. The monoisotopic (exact) mass is 240 g/mol. The van der Waals surface area contributed by atoms with Crippen molar-refractivity contribution in [1.82, 2.24) is 9.62 Å². The summed E-state index contributed by atoms with van der Waals surface area (Å²) >= 11 is 3.91. The molecule has 0 saturated carbocycles. The van der Waals surface area contributed by atoms with Crippen LogP contribution in [0.25, 0.3) is 0 Å². The van der Waals surface area contributed by atoms with Crippen LogP contribution in [0.5, 0.6) is 5.75 Å². The van der Waals surface area contributed by atoms with Crippen LogP contribution < -0.4 is 9.46 Å². The second-order valence-corrected chi connectivity index (χ2v) is 4.05. The smallest absolute Gasteiger partial charge is 0.119 e. The Balaban J connectivity index is 2.50. The highest BCUT2D eigenvalue weighted by molar-refractivity contribution is 7.78. The van der Waals surface area contributed by atoms with Gasteiger partial charge in [-0.25, -0.2) is 0 Å². The van der Waals surface area contributed by atoms with E-state index < -0.39 is 0 Å². The molecule has 0 saturated heterocycles. The molecule has 1 aromatic carbocycles. The minimum absolute atomic E-state index is 0.635. The molecule has 1 aromatic rings. The first-order chi connectivity index (χ1) is 7.76. The van der Waals surface area contributed by atoms with Gasteiger partial charge in [-0.3, -0.25) is 4.72 Å². The number of nitrogens with zero attached hydrogens (tertiary/aromatic N) is 1. The molecule has 0 aliphatic carbocycles. The van der Waals surface area contributed by atoms with Crippen LogP contribution in [0.1, 0.15) is 12.5 Å². The van der Waals surface area contributed by atoms with Crippen LogP contribution in [0.3, 0.4) is 0 Å². The molecule has 0 aliphatic rings. The Kier molecular flexibility index (Phi) is 6.30. The van der Waals surface area contributed by atoms with Crippen molar-refractivity contribution in [2.24, 2.45) is 0 Å². The molecule has 0 aromatic heterocycles. The van der Waals surface area contributed by atoms with E-state index in [-0.39, 0.29) is 0 Å². The summed E-state index contributed by atoms with van der Waals surface area (Å²) in [5.41, 5.74) is 1.28. The number of hydrogen-bond donors (Lipinski definition) is 2. The molecule has 0 unspecified atom stereocenters. The van der Waals surface area contributed by atoms with Crippen LogP contribution in [0.4, 0.5) is 0 Å². The number of ether oxygens (including phenoxy) is 1. The molecule has 0 spiro atoms. The average Bonchev–Trinajstić information content (AvgIpc) is 2.30. The first-order valence-corrected chi connectivity index (χ1v) is 5.98. The molecule has 4 heteroatoms. The van der Waals surface area contributed by atoms with Crippen molar-refractivity contribution in [2.45, 2.75) is 13.5 Å². The lowest BCUT2D eigenvalue weighted by atomic mass is 10.2. The SMILES string of the molecule is CCN(C)Cc1cccc(OCCNS)c1. The fourth-order valence-electron chi connectivity index (χ4n) is 1.37. The second-order valence-electron chi connectivity index (χ2n) is 3.73. The molecule has 0 heterocycles. The van der Waals surface area contributed by atoms with Gasteiger partial charge in [-0.2, -0.15) is 0 Å². The lowest BCUT2D eigenvalue weighted by Gasteiger charge is -2.14. The summed E-state index contributed by atoms with van der Waals surface area (Å²) in [6.45, 7) is 5.53. The fraction of sp³-hybridized carbons (Fsp3) is 0.500. The Bertz CT molecular complexity index is 307. The summed E-state index contributed by atoms with van der Waals surface area (Å²) in [7, 11) is 2.11. The molecule has 1 N–H and O–H groups in total. The van der Waals surface area contributed by atoms with E-state index in [1.807, 2.05) is 12.1 Å². The van der Waals surface area contributed by atoms with Crippen LogP contribution in [0.15, 0.2) is 24.3 Å². The molecule has 0 fully saturated rings. The van der Waals surface area contributed by atoms with Gasteiger partial charge in [0.25, 0.3) is 0 Å². The number of rotatable bonds is 7. The van der Waals surface area contributed by atoms with Crippen LogP contribution in [-0.4, -0.2) is 31.6 Å². The summed E-state index contributed by atoms with van der Waals surface area (Å²) < 4.78 is 8.33. The second kappa shape index (κ2) is 7.54. The van der Waals surface area contributed by atoms with Crippen molar-refractivity contribution < 1.29 is 4.74 Å². The average molecular weight is 240 g/mol. The third kappa shape index (κ3) is 4.88. The highest BCUT2D eigenvalue weighted by atomic mass is 32.1. The Morgan fingerprint density at radius 1 is 1.44 bits per heavy atom. The van der Waals surface area contributed by atoms with E-state index in [9.17, 15) is 0 Å². The van der Waals surface area contributed by atoms with E-state index in [1.54, 1.807) is 0 Å². The zero-order chi connectivity index (χ0) is 11.8. The van der Waals surface area contributed by atoms with Crippen molar-refractivity contribution in [3.8, 4) is 5.75 Å². The fourth-order valence-corrected chi connectivity index (χ4v) is 1.46. The maximum absolute atomic E-state index is 5.57. The van der Waals surface area contributed by atoms with Gasteiger partial charge in [-0.05, 0) is 31.3 Å². The van der Waals surface area contributed by atoms with E-state index in [0.29, 0.717) is 6.61 Å². The van der Waals surface area contributed by atoms with Crippen molar-refractivity contribution in [1.29, 1.82) is 0 Å². The van der Waals surface area contributed by atoms with Crippen LogP contribution in [0, 0.1) is 0 Å². The Morgan fingerprint density at radius 3 is 2.94 bits per heavy atom. The van der Waals surface area contributed by atoms with Gasteiger partial charge in [-0.1, -0.05) is 31.9 Å². The number of hydrogen-bond acceptors (Lipinski definition) is 4. The number of nitrogens with one attached hydrogen (secondary N) is 1. The lowest BCUT2D eigenvalue weighted by molar-refractivity contribution is 0.321. The maximum Gasteiger partial charge on any atom is 0.119 e. The first-order valence-electron chi connectivity index (χ1n) is 5.53. The molecular weight excluding hydrogens is 220 g/mol. The van der Waals surface area contributed by atoms with Crippen LogP contribution >= 0.6 is 12.8 Å². The zero-order valence-electron chi connectivity index (χ0n) is 9.94. The number of benzene rings is 1. The Morgan fingerprint density at radius 2 is 2.25 bits per heavy atom. The zero-order valence-corrected chi connectivity index (χ0v) is 10.8. The minimum atomic E-state index is 0.635. The number of thiol groups is 1. The van der Waals surface area contributed by atoms with Gasteiger partial charge >= 0.3 is 0 Å². The molecule has 90 valence electrons. The molecule has 1 rings (SSSR count). The van der Waals surface area contributed by atoms with E-state index in [2.05, 4.69) is 48.5 Å². The molecule has 3 nitrogen and oxygen atoms in total. The maximum atomic E-state index is 5.57. The predicted octanol–water partition coefficient (Wildman–Crippen LogP) is 1.95. The normalized spacial score (nSPS) is 10.8. The largest absolute Gasteiger partial charge is 0.492 e. The van der Waals surface area contributed by atoms with E-state index >= 15 is 0 Å². The first kappa shape index (κ1) is 13.4. The van der Waals surface area contributed by atoms with Crippen molar-refractivity contribution in [2.75, 3.05) is 26.7 Å².